The first-order chi connectivity index (χ1) is 9.63. The molecule has 0 aliphatic carbocycles. The Bertz CT molecular complexity index is 575. The number of aliphatic carboxylic acids is 1. The molecule has 2 N–H and O–H groups in total. The normalized spacial score (nSPS) is 11.0. The average molecular weight is 276 g/mol. The number of allylic oxidation sites excluding steroid dienone is 2. The molecule has 1 aromatic rings. The molecule has 104 valence electrons. The van der Waals surface area contributed by atoms with Gasteiger partial charge in [-0.3, -0.25) is 0 Å². The first-order valence-corrected chi connectivity index (χ1v) is 5.54. The van der Waals surface area contributed by atoms with Gasteiger partial charge >= 0.3 is 5.97 Å². The van der Waals surface area contributed by atoms with Gasteiger partial charge in [0.15, 0.2) is 5.11 Å². The molecule has 0 heterocycles. The fourth-order valence-electron chi connectivity index (χ4n) is 1.48. The van der Waals surface area contributed by atoms with Crippen LogP contribution >= 0.6 is 0 Å². The van der Waals surface area contributed by atoms with Gasteiger partial charge in [0.2, 0.25) is 10.6 Å². The molecule has 0 unspecified atom stereocenters. The van der Waals surface area contributed by atoms with E-state index < -0.39 is 5.97 Å². The quantitative estimate of drug-likeness (QED) is 0.359. The number of carboxylic acids is 1. The van der Waals surface area contributed by atoms with Crippen LogP contribution < -0.4 is 14.4 Å². The number of methoxy groups -OCH3 is 2. The van der Waals surface area contributed by atoms with Crippen molar-refractivity contribution in [2.45, 2.75) is 0 Å². The maximum absolute atomic E-state index is 10.8. The number of benzene rings is 1. The molecule has 0 saturated carbocycles. The highest BCUT2D eigenvalue weighted by atomic mass is 16.5. The first-order valence-electron chi connectivity index (χ1n) is 5.54. The van der Waals surface area contributed by atoms with Gasteiger partial charge < -0.3 is 14.6 Å². The molecule has 0 spiro atoms. The number of hydrogen-bond donors (Lipinski definition) is 2. The summed E-state index contributed by atoms with van der Waals surface area (Å²) < 4.78 is 10.4. The lowest BCUT2D eigenvalue weighted by Crippen LogP contribution is -1.97. The number of rotatable bonds is 6. The summed E-state index contributed by atoms with van der Waals surface area (Å²) >= 11 is 0. The summed E-state index contributed by atoms with van der Waals surface area (Å²) in [6.45, 7) is 0. The van der Waals surface area contributed by atoms with Gasteiger partial charge in [-0.15, -0.1) is 0 Å². The minimum absolute atomic E-state index is 0.342. The highest BCUT2D eigenvalue weighted by Gasteiger charge is 2.10. The van der Waals surface area contributed by atoms with Gasteiger partial charge in [-0.1, -0.05) is 12.1 Å². The fraction of sp³-hybridized carbons (Fsp3) is 0.154. The highest BCUT2D eigenvalue weighted by Crippen LogP contribution is 2.29. The van der Waals surface area contributed by atoms with Crippen molar-refractivity contribution in [1.82, 2.24) is 4.91 Å². The predicted molar refractivity (Wildman–Crippen MR) is 71.6 cm³/mol. The van der Waals surface area contributed by atoms with Crippen molar-refractivity contribution >= 4 is 12.0 Å². The van der Waals surface area contributed by atoms with E-state index in [0.29, 0.717) is 17.1 Å². The van der Waals surface area contributed by atoms with E-state index in [1.165, 1.54) is 26.4 Å². The van der Waals surface area contributed by atoms with Crippen molar-refractivity contribution < 1.29 is 19.4 Å². The molecule has 7 nitrogen and oxygen atoms in total. The van der Waals surface area contributed by atoms with E-state index in [1.54, 1.807) is 24.3 Å². The molecular formula is C13H14N3O4+. The van der Waals surface area contributed by atoms with Gasteiger partial charge in [-0.25, -0.2) is 4.79 Å². The molecule has 7 heteroatoms. The average Bonchev–Trinajstić information content (AvgIpc) is 2.46. The molecule has 1 rings (SSSR count). The van der Waals surface area contributed by atoms with Gasteiger partial charge in [0, 0.05) is 0 Å². The van der Waals surface area contributed by atoms with Crippen LogP contribution in [-0.4, -0.2) is 25.3 Å². The third kappa shape index (κ3) is 3.79. The van der Waals surface area contributed by atoms with Gasteiger partial charge in [0.1, 0.15) is 17.0 Å². The molecule has 0 bridgehead atoms. The van der Waals surface area contributed by atoms with Crippen molar-refractivity contribution in [3.63, 3.8) is 0 Å². The number of hydrogen-bond acceptors (Lipinski definition) is 5. The van der Waals surface area contributed by atoms with Crippen LogP contribution in [0, 0.1) is 5.53 Å². The number of carbonyl (C=O) groups is 1. The summed E-state index contributed by atoms with van der Waals surface area (Å²) in [6, 6.07) is 5.29. The standard InChI is InChI=1S/C13H13N3O4/c1-19-11-7-4-8-12(20-2)9(11)5-3-6-10(13(17)18)15-16-14/h3-8,14H,1-2H3/p+1. The summed E-state index contributed by atoms with van der Waals surface area (Å²) in [5, 5.41) is 12.0. The zero-order valence-electron chi connectivity index (χ0n) is 11.0. The number of nitrogens with one attached hydrogen (secondary N) is 1. The van der Waals surface area contributed by atoms with E-state index in [4.69, 9.17) is 20.1 Å². The summed E-state index contributed by atoms with van der Waals surface area (Å²) in [6.07, 6.45) is 4.32. The monoisotopic (exact) mass is 276 g/mol. The largest absolute Gasteiger partial charge is 0.496 e. The number of nitrogens with zero attached hydrogens (tertiary/aromatic N) is 2. The predicted octanol–water partition coefficient (Wildman–Crippen LogP) is 2.24. The third-order valence-corrected chi connectivity index (χ3v) is 2.36. The lowest BCUT2D eigenvalue weighted by Gasteiger charge is -2.09. The molecule has 0 atom stereocenters. The van der Waals surface area contributed by atoms with Gasteiger partial charge in [-0.05, 0) is 24.3 Å². The Morgan fingerprint density at radius 3 is 2.40 bits per heavy atom. The maximum atomic E-state index is 10.8. The van der Waals surface area contributed by atoms with Crippen LogP contribution in [0.3, 0.4) is 0 Å². The van der Waals surface area contributed by atoms with Gasteiger partial charge in [0.25, 0.3) is 0 Å². The minimum Gasteiger partial charge on any atom is -0.496 e. The Morgan fingerprint density at radius 1 is 1.35 bits per heavy atom. The van der Waals surface area contributed by atoms with Crippen LogP contribution in [0.4, 0.5) is 0 Å². The molecule has 0 aromatic heterocycles. The molecular weight excluding hydrogens is 262 g/mol. The Balaban J connectivity index is 3.15. The Labute approximate surface area is 115 Å². The van der Waals surface area contributed by atoms with Crippen LogP contribution in [0.25, 0.3) is 6.08 Å². The topological polar surface area (TPSA) is 106 Å². The molecule has 0 amide bonds. The second-order valence-electron chi connectivity index (χ2n) is 3.49. The summed E-state index contributed by atoms with van der Waals surface area (Å²) in [7, 11) is 3.05. The van der Waals surface area contributed by atoms with Crippen LogP contribution in [-0.2, 0) is 4.79 Å². The first kappa shape index (κ1) is 15.1. The van der Waals surface area contributed by atoms with Crippen LogP contribution in [0.1, 0.15) is 5.56 Å². The zero-order valence-corrected chi connectivity index (χ0v) is 11.0. The summed E-state index contributed by atoms with van der Waals surface area (Å²) in [4.78, 5) is 13.5. The maximum Gasteiger partial charge on any atom is 0.362 e. The van der Waals surface area contributed by atoms with Crippen LogP contribution in [0.15, 0.2) is 41.2 Å². The van der Waals surface area contributed by atoms with Crippen molar-refractivity contribution in [2.75, 3.05) is 14.2 Å². The molecule has 1 aromatic carbocycles. The van der Waals surface area contributed by atoms with Crippen LogP contribution in [0.2, 0.25) is 0 Å². The van der Waals surface area contributed by atoms with E-state index in [1.807, 2.05) is 0 Å². The molecule has 0 saturated heterocycles. The second-order valence-corrected chi connectivity index (χ2v) is 3.49. The summed E-state index contributed by atoms with van der Waals surface area (Å²) in [5.41, 5.74) is 6.87. The van der Waals surface area contributed by atoms with Crippen molar-refractivity contribution in [2.24, 2.45) is 5.11 Å². The zero-order chi connectivity index (χ0) is 15.0. The molecule has 0 fully saturated rings. The lowest BCUT2D eigenvalue weighted by molar-refractivity contribution is -0.132. The van der Waals surface area contributed by atoms with Crippen molar-refractivity contribution in [3.05, 3.63) is 41.6 Å². The Kier molecular flexibility index (Phi) is 5.68. The minimum atomic E-state index is -1.27. The fourth-order valence-corrected chi connectivity index (χ4v) is 1.48. The summed E-state index contributed by atoms with van der Waals surface area (Å²) in [5.74, 6) is -0.0846. The second kappa shape index (κ2) is 7.50. The van der Waals surface area contributed by atoms with E-state index >= 15 is 0 Å². The van der Waals surface area contributed by atoms with Crippen LogP contribution in [0.5, 0.6) is 11.5 Å². The van der Waals surface area contributed by atoms with E-state index in [0.717, 1.165) is 0 Å². The SMILES string of the molecule is COc1cccc(OC)c1C=CC=C(N=[N+]=N)C(=O)O. The number of ether oxygens (including phenoxy) is 2. The van der Waals surface area contributed by atoms with E-state index in [9.17, 15) is 4.79 Å². The number of carboxylic acid groups (broad SMARTS) is 1. The van der Waals surface area contributed by atoms with Gasteiger partial charge in [0.05, 0.1) is 19.8 Å². The molecule has 0 aliphatic rings. The van der Waals surface area contributed by atoms with Crippen molar-refractivity contribution in [1.29, 1.82) is 5.53 Å². The highest BCUT2D eigenvalue weighted by molar-refractivity contribution is 5.86. The Morgan fingerprint density at radius 2 is 1.95 bits per heavy atom. The Hall–Kier alpha value is -2.92. The third-order valence-electron chi connectivity index (χ3n) is 2.36. The smallest absolute Gasteiger partial charge is 0.362 e. The van der Waals surface area contributed by atoms with Crippen molar-refractivity contribution in [3.8, 4) is 11.5 Å². The van der Waals surface area contributed by atoms with Gasteiger partial charge in [-0.2, -0.15) is 0 Å². The van der Waals surface area contributed by atoms with E-state index in [2.05, 4.69) is 10.0 Å². The van der Waals surface area contributed by atoms with E-state index in [-0.39, 0.29) is 5.70 Å². The molecule has 0 radical (unpaired) electrons. The lowest BCUT2D eigenvalue weighted by atomic mass is 10.1. The molecule has 0 aliphatic heterocycles. The molecule has 20 heavy (non-hydrogen) atoms.